The Kier molecular flexibility index (Phi) is 5.30. The third kappa shape index (κ3) is 3.87. The summed E-state index contributed by atoms with van der Waals surface area (Å²) in [7, 11) is 2.19. The first-order valence-corrected chi connectivity index (χ1v) is 7.82. The lowest BCUT2D eigenvalue weighted by molar-refractivity contribution is 0.275. The Morgan fingerprint density at radius 1 is 1.35 bits per heavy atom. The number of benzene rings is 1. The van der Waals surface area contributed by atoms with Crippen molar-refractivity contribution in [1.29, 1.82) is 0 Å². The van der Waals surface area contributed by atoms with Crippen molar-refractivity contribution in [2.45, 2.75) is 39.4 Å². The fourth-order valence-corrected chi connectivity index (χ4v) is 2.98. The van der Waals surface area contributed by atoms with E-state index in [1.54, 1.807) is 0 Å². The SMILES string of the molecule is CC(C)NCc1cc(Cl)ccc1N1CCN(C)CC1C. The van der Waals surface area contributed by atoms with Gasteiger partial charge in [-0.1, -0.05) is 25.4 Å². The summed E-state index contributed by atoms with van der Waals surface area (Å²) < 4.78 is 0. The molecule has 1 aliphatic heterocycles. The van der Waals surface area contributed by atoms with Crippen molar-refractivity contribution in [2.75, 3.05) is 31.6 Å². The summed E-state index contributed by atoms with van der Waals surface area (Å²) in [6.07, 6.45) is 0. The van der Waals surface area contributed by atoms with Gasteiger partial charge in [-0.05, 0) is 37.7 Å². The number of piperazine rings is 1. The maximum Gasteiger partial charge on any atom is 0.0416 e. The normalized spacial score (nSPS) is 20.7. The van der Waals surface area contributed by atoms with E-state index in [1.165, 1.54) is 11.3 Å². The van der Waals surface area contributed by atoms with Crippen molar-refractivity contribution >= 4 is 17.3 Å². The van der Waals surface area contributed by atoms with Crippen LogP contribution in [0.3, 0.4) is 0 Å². The molecule has 1 aromatic carbocycles. The van der Waals surface area contributed by atoms with Crippen molar-refractivity contribution in [3.63, 3.8) is 0 Å². The van der Waals surface area contributed by atoms with Crippen molar-refractivity contribution in [3.05, 3.63) is 28.8 Å². The second kappa shape index (κ2) is 6.79. The van der Waals surface area contributed by atoms with Crippen molar-refractivity contribution < 1.29 is 0 Å². The first-order chi connectivity index (χ1) is 9.47. The van der Waals surface area contributed by atoms with Crippen LogP contribution in [0.2, 0.25) is 5.02 Å². The molecule has 0 spiro atoms. The molecule has 1 aliphatic rings. The van der Waals surface area contributed by atoms with E-state index >= 15 is 0 Å². The molecule has 20 heavy (non-hydrogen) atoms. The van der Waals surface area contributed by atoms with Gasteiger partial charge in [-0.15, -0.1) is 0 Å². The molecule has 0 aliphatic carbocycles. The summed E-state index contributed by atoms with van der Waals surface area (Å²) >= 11 is 6.18. The summed E-state index contributed by atoms with van der Waals surface area (Å²) in [4.78, 5) is 4.90. The van der Waals surface area contributed by atoms with Crippen LogP contribution in [0.5, 0.6) is 0 Å². The topological polar surface area (TPSA) is 18.5 Å². The molecule has 0 radical (unpaired) electrons. The molecule has 1 aromatic rings. The zero-order chi connectivity index (χ0) is 14.7. The minimum Gasteiger partial charge on any atom is -0.366 e. The van der Waals surface area contributed by atoms with Crippen LogP contribution >= 0.6 is 11.6 Å². The van der Waals surface area contributed by atoms with Crippen LogP contribution in [-0.2, 0) is 6.54 Å². The van der Waals surface area contributed by atoms with Gasteiger partial charge in [0.1, 0.15) is 0 Å². The Bertz CT molecular complexity index is 447. The summed E-state index contributed by atoms with van der Waals surface area (Å²) in [5.41, 5.74) is 2.62. The van der Waals surface area contributed by atoms with Gasteiger partial charge >= 0.3 is 0 Å². The van der Waals surface area contributed by atoms with Crippen LogP contribution in [-0.4, -0.2) is 43.7 Å². The predicted molar refractivity (Wildman–Crippen MR) is 87.7 cm³/mol. The second-order valence-electron chi connectivity index (χ2n) is 6.11. The fourth-order valence-electron chi connectivity index (χ4n) is 2.79. The van der Waals surface area contributed by atoms with Gasteiger partial charge in [-0.25, -0.2) is 0 Å². The summed E-state index contributed by atoms with van der Waals surface area (Å²) in [6, 6.07) is 7.28. The monoisotopic (exact) mass is 295 g/mol. The standard InChI is InChI=1S/C16H26ClN3/c1-12(2)18-10-14-9-15(17)5-6-16(14)20-8-7-19(4)11-13(20)3/h5-6,9,12-13,18H,7-8,10-11H2,1-4H3. The Morgan fingerprint density at radius 2 is 2.10 bits per heavy atom. The molecule has 1 saturated heterocycles. The number of nitrogens with zero attached hydrogens (tertiary/aromatic N) is 2. The lowest BCUT2D eigenvalue weighted by Gasteiger charge is -2.40. The fraction of sp³-hybridized carbons (Fsp3) is 0.625. The summed E-state index contributed by atoms with van der Waals surface area (Å²) in [5.74, 6) is 0. The third-order valence-electron chi connectivity index (χ3n) is 3.88. The zero-order valence-corrected chi connectivity index (χ0v) is 13.7. The van der Waals surface area contributed by atoms with Crippen LogP contribution in [0.4, 0.5) is 5.69 Å². The van der Waals surface area contributed by atoms with Crippen LogP contribution in [0.25, 0.3) is 0 Å². The third-order valence-corrected chi connectivity index (χ3v) is 4.12. The van der Waals surface area contributed by atoms with E-state index in [1.807, 2.05) is 6.07 Å². The van der Waals surface area contributed by atoms with E-state index in [0.717, 1.165) is 31.2 Å². The number of nitrogens with one attached hydrogen (secondary N) is 1. The van der Waals surface area contributed by atoms with Gasteiger partial charge in [-0.2, -0.15) is 0 Å². The van der Waals surface area contributed by atoms with Crippen LogP contribution in [0.1, 0.15) is 26.3 Å². The maximum atomic E-state index is 6.18. The van der Waals surface area contributed by atoms with Crippen molar-refractivity contribution in [1.82, 2.24) is 10.2 Å². The van der Waals surface area contributed by atoms with E-state index in [0.29, 0.717) is 12.1 Å². The molecule has 3 nitrogen and oxygen atoms in total. The summed E-state index contributed by atoms with van der Waals surface area (Å²) in [5, 5.41) is 4.31. The van der Waals surface area contributed by atoms with E-state index in [4.69, 9.17) is 11.6 Å². The Morgan fingerprint density at radius 3 is 2.75 bits per heavy atom. The zero-order valence-electron chi connectivity index (χ0n) is 13.0. The number of anilines is 1. The van der Waals surface area contributed by atoms with E-state index < -0.39 is 0 Å². The molecular formula is C16H26ClN3. The molecule has 2 rings (SSSR count). The summed E-state index contributed by atoms with van der Waals surface area (Å²) in [6.45, 7) is 10.8. The molecule has 1 atom stereocenters. The van der Waals surface area contributed by atoms with E-state index in [-0.39, 0.29) is 0 Å². The minimum absolute atomic E-state index is 0.478. The molecule has 1 N–H and O–H groups in total. The molecule has 1 unspecified atom stereocenters. The molecule has 0 amide bonds. The molecule has 1 heterocycles. The van der Waals surface area contributed by atoms with Crippen LogP contribution < -0.4 is 10.2 Å². The Balaban J connectivity index is 2.21. The highest BCUT2D eigenvalue weighted by Crippen LogP contribution is 2.27. The lowest BCUT2D eigenvalue weighted by Crippen LogP contribution is -2.50. The smallest absolute Gasteiger partial charge is 0.0416 e. The van der Waals surface area contributed by atoms with E-state index in [9.17, 15) is 0 Å². The van der Waals surface area contributed by atoms with Crippen LogP contribution in [0, 0.1) is 0 Å². The maximum absolute atomic E-state index is 6.18. The van der Waals surface area contributed by atoms with Gasteiger partial charge in [0.05, 0.1) is 0 Å². The number of likely N-dealkylation sites (N-methyl/N-ethyl adjacent to an activating group) is 1. The Labute approximate surface area is 127 Å². The molecule has 1 fully saturated rings. The van der Waals surface area contributed by atoms with E-state index in [2.05, 4.69) is 55.1 Å². The molecule has 0 aromatic heterocycles. The van der Waals surface area contributed by atoms with Gasteiger partial charge in [0.2, 0.25) is 0 Å². The molecule has 0 saturated carbocycles. The van der Waals surface area contributed by atoms with Gasteiger partial charge in [0, 0.05) is 49.0 Å². The first-order valence-electron chi connectivity index (χ1n) is 7.44. The van der Waals surface area contributed by atoms with Gasteiger partial charge in [0.15, 0.2) is 0 Å². The first kappa shape index (κ1) is 15.6. The quantitative estimate of drug-likeness (QED) is 0.921. The minimum atomic E-state index is 0.478. The largest absolute Gasteiger partial charge is 0.366 e. The molecule has 4 heteroatoms. The molecular weight excluding hydrogens is 270 g/mol. The predicted octanol–water partition coefficient (Wildman–Crippen LogP) is 2.98. The number of rotatable bonds is 4. The molecule has 112 valence electrons. The average Bonchev–Trinajstić information content (AvgIpc) is 2.37. The number of hydrogen-bond donors (Lipinski definition) is 1. The van der Waals surface area contributed by atoms with Crippen molar-refractivity contribution in [2.24, 2.45) is 0 Å². The molecule has 0 bridgehead atoms. The van der Waals surface area contributed by atoms with Crippen LogP contribution in [0.15, 0.2) is 18.2 Å². The highest BCUT2D eigenvalue weighted by atomic mass is 35.5. The number of halogens is 1. The second-order valence-corrected chi connectivity index (χ2v) is 6.55. The van der Waals surface area contributed by atoms with Gasteiger partial charge in [-0.3, -0.25) is 0 Å². The lowest BCUT2D eigenvalue weighted by atomic mass is 10.1. The average molecular weight is 296 g/mol. The highest BCUT2D eigenvalue weighted by molar-refractivity contribution is 6.30. The highest BCUT2D eigenvalue weighted by Gasteiger charge is 2.23. The van der Waals surface area contributed by atoms with Gasteiger partial charge in [0.25, 0.3) is 0 Å². The number of hydrogen-bond acceptors (Lipinski definition) is 3. The Hall–Kier alpha value is -0.770. The van der Waals surface area contributed by atoms with Gasteiger partial charge < -0.3 is 15.1 Å². The van der Waals surface area contributed by atoms with Crippen molar-refractivity contribution in [3.8, 4) is 0 Å².